The first kappa shape index (κ1) is 17.1. The number of ketones is 1. The summed E-state index contributed by atoms with van der Waals surface area (Å²) in [5.74, 6) is 0.0453. The summed E-state index contributed by atoms with van der Waals surface area (Å²) in [5, 5.41) is 0. The molecule has 0 aliphatic rings. The van der Waals surface area contributed by atoms with Crippen molar-refractivity contribution in [1.82, 2.24) is 4.98 Å². The fourth-order valence-electron chi connectivity index (χ4n) is 1.96. The molecule has 6 heteroatoms. The van der Waals surface area contributed by atoms with Gasteiger partial charge in [-0.05, 0) is 54.0 Å². The van der Waals surface area contributed by atoms with Crippen LogP contribution in [0.3, 0.4) is 0 Å². The number of esters is 1. The summed E-state index contributed by atoms with van der Waals surface area (Å²) in [7, 11) is 0. The van der Waals surface area contributed by atoms with Gasteiger partial charge in [-0.25, -0.2) is 4.79 Å². The minimum Gasteiger partial charge on any atom is -0.493 e. The van der Waals surface area contributed by atoms with Crippen LogP contribution in [0.25, 0.3) is 0 Å². The number of pyridine rings is 1. The van der Waals surface area contributed by atoms with E-state index in [1.54, 1.807) is 30.5 Å². The maximum atomic E-state index is 12.1. The lowest BCUT2D eigenvalue weighted by Crippen LogP contribution is -2.08. The Morgan fingerprint density at radius 2 is 1.96 bits per heavy atom. The molecule has 1 aromatic carbocycles. The number of nitrogens with zero attached hydrogens (tertiary/aromatic N) is 1. The van der Waals surface area contributed by atoms with Gasteiger partial charge in [0.1, 0.15) is 12.4 Å². The lowest BCUT2D eigenvalue weighted by atomic mass is 10.1. The molecule has 0 N–H and O–H groups in total. The van der Waals surface area contributed by atoms with Crippen LogP contribution in [0, 0.1) is 0 Å². The molecule has 0 aliphatic heterocycles. The van der Waals surface area contributed by atoms with Gasteiger partial charge in [0.15, 0.2) is 5.78 Å². The summed E-state index contributed by atoms with van der Waals surface area (Å²) in [4.78, 5) is 27.5. The van der Waals surface area contributed by atoms with E-state index in [4.69, 9.17) is 9.47 Å². The second-order valence-corrected chi connectivity index (χ2v) is 5.70. The number of benzene rings is 1. The molecular formula is C17H16BrNO4. The van der Waals surface area contributed by atoms with Crippen LogP contribution in [0.15, 0.2) is 41.1 Å². The third kappa shape index (κ3) is 4.63. The van der Waals surface area contributed by atoms with Crippen LogP contribution in [-0.2, 0) is 11.3 Å². The lowest BCUT2D eigenvalue weighted by Gasteiger charge is -2.12. The highest BCUT2D eigenvalue weighted by molar-refractivity contribution is 9.10. The van der Waals surface area contributed by atoms with Gasteiger partial charge in [0.25, 0.3) is 0 Å². The number of ether oxygens (including phenoxy) is 2. The normalized spacial score (nSPS) is 10.2. The summed E-state index contributed by atoms with van der Waals surface area (Å²) in [6.45, 7) is 3.85. The van der Waals surface area contributed by atoms with Crippen LogP contribution in [0.5, 0.6) is 5.75 Å². The van der Waals surface area contributed by atoms with Crippen molar-refractivity contribution in [3.63, 3.8) is 0 Å². The number of hydrogen-bond donors (Lipinski definition) is 0. The van der Waals surface area contributed by atoms with Crippen molar-refractivity contribution >= 4 is 27.7 Å². The Balaban J connectivity index is 2.16. The minimum atomic E-state index is -0.491. The Morgan fingerprint density at radius 1 is 1.17 bits per heavy atom. The first-order valence-electron chi connectivity index (χ1n) is 7.05. The summed E-state index contributed by atoms with van der Waals surface area (Å²) >= 11 is 3.26. The molecule has 2 aromatic rings. The second kappa shape index (κ2) is 7.87. The number of carbonyl (C=O) groups is 2. The molecule has 5 nitrogen and oxygen atoms in total. The number of carbonyl (C=O) groups excluding carboxylic acids is 2. The average molecular weight is 378 g/mol. The fourth-order valence-corrected chi connectivity index (χ4v) is 2.32. The van der Waals surface area contributed by atoms with Crippen LogP contribution >= 0.6 is 15.9 Å². The van der Waals surface area contributed by atoms with E-state index < -0.39 is 5.97 Å². The SMILES string of the molecule is CCOc1ccc(C(C)=O)cc1COC(=O)c1cncc(Br)c1. The van der Waals surface area contributed by atoms with Crippen molar-refractivity contribution in [2.45, 2.75) is 20.5 Å². The Hall–Kier alpha value is -2.21. The largest absolute Gasteiger partial charge is 0.493 e. The molecule has 0 fully saturated rings. The molecule has 0 amide bonds. The van der Waals surface area contributed by atoms with E-state index in [1.165, 1.54) is 13.1 Å². The topological polar surface area (TPSA) is 65.5 Å². The van der Waals surface area contributed by atoms with E-state index >= 15 is 0 Å². The molecule has 0 bridgehead atoms. The van der Waals surface area contributed by atoms with Crippen LogP contribution in [-0.4, -0.2) is 23.3 Å². The first-order valence-corrected chi connectivity index (χ1v) is 7.85. The third-order valence-electron chi connectivity index (χ3n) is 3.07. The lowest BCUT2D eigenvalue weighted by molar-refractivity contribution is 0.0469. The zero-order valence-electron chi connectivity index (χ0n) is 12.8. The minimum absolute atomic E-state index is 0.0157. The molecule has 1 aromatic heterocycles. The highest BCUT2D eigenvalue weighted by Crippen LogP contribution is 2.22. The summed E-state index contributed by atoms with van der Waals surface area (Å²) in [6, 6.07) is 6.71. The van der Waals surface area contributed by atoms with E-state index in [0.29, 0.717) is 33.5 Å². The van der Waals surface area contributed by atoms with Crippen molar-refractivity contribution in [3.8, 4) is 5.75 Å². The number of aromatic nitrogens is 1. The fraction of sp³-hybridized carbons (Fsp3) is 0.235. The molecule has 0 aliphatic carbocycles. The predicted molar refractivity (Wildman–Crippen MR) is 88.7 cm³/mol. The van der Waals surface area contributed by atoms with Crippen molar-refractivity contribution < 1.29 is 19.1 Å². The van der Waals surface area contributed by atoms with Gasteiger partial charge < -0.3 is 9.47 Å². The van der Waals surface area contributed by atoms with E-state index in [9.17, 15) is 9.59 Å². The van der Waals surface area contributed by atoms with E-state index in [1.807, 2.05) is 6.92 Å². The molecule has 23 heavy (non-hydrogen) atoms. The maximum absolute atomic E-state index is 12.1. The van der Waals surface area contributed by atoms with Gasteiger partial charge in [-0.3, -0.25) is 9.78 Å². The second-order valence-electron chi connectivity index (χ2n) is 4.78. The van der Waals surface area contributed by atoms with Crippen LogP contribution in [0.2, 0.25) is 0 Å². The van der Waals surface area contributed by atoms with Crippen molar-refractivity contribution in [1.29, 1.82) is 0 Å². The van der Waals surface area contributed by atoms with Gasteiger partial charge in [0, 0.05) is 28.0 Å². The number of hydrogen-bond acceptors (Lipinski definition) is 5. The summed E-state index contributed by atoms with van der Waals surface area (Å²) < 4.78 is 11.5. The standard InChI is InChI=1S/C17H16BrNO4/c1-3-22-16-5-4-12(11(2)20)6-14(16)10-23-17(21)13-7-15(18)9-19-8-13/h4-9H,3,10H2,1-2H3. The molecule has 0 saturated carbocycles. The summed E-state index contributed by atoms with van der Waals surface area (Å²) in [5.41, 5.74) is 1.54. The summed E-state index contributed by atoms with van der Waals surface area (Å²) in [6.07, 6.45) is 3.02. The molecule has 0 atom stereocenters. The van der Waals surface area contributed by atoms with Gasteiger partial charge in [-0.1, -0.05) is 0 Å². The van der Waals surface area contributed by atoms with Crippen LogP contribution < -0.4 is 4.74 Å². The molecule has 1 heterocycles. The van der Waals surface area contributed by atoms with Gasteiger partial charge in [-0.15, -0.1) is 0 Å². The number of halogens is 1. The van der Waals surface area contributed by atoms with E-state index in [-0.39, 0.29) is 12.4 Å². The average Bonchev–Trinajstić information content (AvgIpc) is 2.53. The molecule has 120 valence electrons. The van der Waals surface area contributed by atoms with E-state index in [0.717, 1.165) is 0 Å². The third-order valence-corrected chi connectivity index (χ3v) is 3.50. The predicted octanol–water partition coefficient (Wildman–Crippen LogP) is 3.80. The van der Waals surface area contributed by atoms with Crippen LogP contribution in [0.4, 0.5) is 0 Å². The molecule has 0 radical (unpaired) electrons. The Morgan fingerprint density at radius 3 is 2.61 bits per heavy atom. The smallest absolute Gasteiger partial charge is 0.340 e. The first-order chi connectivity index (χ1) is 11.0. The van der Waals surface area contributed by atoms with Gasteiger partial charge in [0.05, 0.1) is 12.2 Å². The monoisotopic (exact) mass is 377 g/mol. The molecule has 2 rings (SSSR count). The molecule has 0 unspecified atom stereocenters. The van der Waals surface area contributed by atoms with Gasteiger partial charge >= 0.3 is 5.97 Å². The number of Topliss-reactive ketones (excluding diaryl/α,β-unsaturated/α-hetero) is 1. The Labute approximate surface area is 142 Å². The molecular weight excluding hydrogens is 362 g/mol. The van der Waals surface area contributed by atoms with E-state index in [2.05, 4.69) is 20.9 Å². The van der Waals surface area contributed by atoms with Crippen LogP contribution in [0.1, 0.15) is 40.1 Å². The maximum Gasteiger partial charge on any atom is 0.340 e. The zero-order chi connectivity index (χ0) is 16.8. The molecule has 0 spiro atoms. The Kier molecular flexibility index (Phi) is 5.87. The molecule has 0 saturated heterocycles. The quantitative estimate of drug-likeness (QED) is 0.565. The Bertz CT molecular complexity index is 730. The highest BCUT2D eigenvalue weighted by atomic mass is 79.9. The van der Waals surface area contributed by atoms with Crippen molar-refractivity contribution in [2.75, 3.05) is 6.61 Å². The zero-order valence-corrected chi connectivity index (χ0v) is 14.4. The van der Waals surface area contributed by atoms with Crippen molar-refractivity contribution in [2.24, 2.45) is 0 Å². The number of rotatable bonds is 6. The van der Waals surface area contributed by atoms with Crippen molar-refractivity contribution in [3.05, 3.63) is 57.8 Å². The highest BCUT2D eigenvalue weighted by Gasteiger charge is 2.12. The van der Waals surface area contributed by atoms with Gasteiger partial charge in [0.2, 0.25) is 0 Å². The van der Waals surface area contributed by atoms with Gasteiger partial charge in [-0.2, -0.15) is 0 Å².